The van der Waals surface area contributed by atoms with E-state index in [2.05, 4.69) is 24.1 Å². The standard InChI is InChI=1S/C16H24ClN3O/c1-13(2)20(11-14-4-3-5-15(17)10-14)16(21)12-19-8-6-18-7-9-19/h3-5,10,13,18H,6-9,11-12H2,1-2H3. The lowest BCUT2D eigenvalue weighted by atomic mass is 10.2. The molecule has 0 radical (unpaired) electrons. The second-order valence-electron chi connectivity index (χ2n) is 5.77. The van der Waals surface area contributed by atoms with E-state index in [1.807, 2.05) is 29.2 Å². The van der Waals surface area contributed by atoms with Gasteiger partial charge in [-0.05, 0) is 31.5 Å². The Hall–Kier alpha value is -1.10. The largest absolute Gasteiger partial charge is 0.335 e. The number of carbonyl (C=O) groups is 1. The maximum atomic E-state index is 12.6. The highest BCUT2D eigenvalue weighted by atomic mass is 35.5. The molecule has 1 aromatic carbocycles. The minimum absolute atomic E-state index is 0.180. The van der Waals surface area contributed by atoms with Crippen molar-refractivity contribution in [2.45, 2.75) is 26.4 Å². The Morgan fingerprint density at radius 3 is 2.71 bits per heavy atom. The maximum Gasteiger partial charge on any atom is 0.237 e. The van der Waals surface area contributed by atoms with Crippen LogP contribution in [-0.4, -0.2) is 54.5 Å². The first-order valence-electron chi connectivity index (χ1n) is 7.53. The number of piperazine rings is 1. The van der Waals surface area contributed by atoms with Gasteiger partial charge in [0.2, 0.25) is 5.91 Å². The second kappa shape index (κ2) is 7.78. The molecule has 116 valence electrons. The molecule has 0 atom stereocenters. The van der Waals surface area contributed by atoms with Crippen LogP contribution in [0.4, 0.5) is 0 Å². The van der Waals surface area contributed by atoms with Crippen LogP contribution < -0.4 is 5.32 Å². The number of hydrogen-bond acceptors (Lipinski definition) is 3. The molecule has 4 nitrogen and oxygen atoms in total. The molecule has 0 aliphatic carbocycles. The Labute approximate surface area is 132 Å². The first-order chi connectivity index (χ1) is 10.1. The molecule has 1 amide bonds. The van der Waals surface area contributed by atoms with Crippen molar-refractivity contribution in [2.75, 3.05) is 32.7 Å². The summed E-state index contributed by atoms with van der Waals surface area (Å²) in [5.74, 6) is 0.187. The van der Waals surface area contributed by atoms with E-state index in [9.17, 15) is 4.79 Å². The van der Waals surface area contributed by atoms with Crippen LogP contribution in [0.3, 0.4) is 0 Å². The monoisotopic (exact) mass is 309 g/mol. The quantitative estimate of drug-likeness (QED) is 0.903. The zero-order chi connectivity index (χ0) is 15.2. The average molecular weight is 310 g/mol. The van der Waals surface area contributed by atoms with Gasteiger partial charge in [-0.25, -0.2) is 0 Å². The third-order valence-electron chi connectivity index (χ3n) is 3.75. The minimum atomic E-state index is 0.180. The molecule has 1 saturated heterocycles. The average Bonchev–Trinajstić information content (AvgIpc) is 2.45. The van der Waals surface area contributed by atoms with Crippen LogP contribution in [0.15, 0.2) is 24.3 Å². The molecule has 1 aromatic rings. The lowest BCUT2D eigenvalue weighted by Crippen LogP contribution is -2.49. The van der Waals surface area contributed by atoms with Gasteiger partial charge in [0.15, 0.2) is 0 Å². The number of amides is 1. The minimum Gasteiger partial charge on any atom is -0.335 e. The van der Waals surface area contributed by atoms with Crippen LogP contribution >= 0.6 is 11.6 Å². The number of rotatable bonds is 5. The van der Waals surface area contributed by atoms with Gasteiger partial charge in [0, 0.05) is 43.8 Å². The van der Waals surface area contributed by atoms with Gasteiger partial charge in [-0.15, -0.1) is 0 Å². The van der Waals surface area contributed by atoms with Gasteiger partial charge in [-0.1, -0.05) is 23.7 Å². The Balaban J connectivity index is 1.98. The van der Waals surface area contributed by atoms with Crippen LogP contribution in [0, 0.1) is 0 Å². The van der Waals surface area contributed by atoms with Gasteiger partial charge in [0.25, 0.3) is 0 Å². The van der Waals surface area contributed by atoms with Crippen molar-refractivity contribution in [3.8, 4) is 0 Å². The van der Waals surface area contributed by atoms with Gasteiger partial charge >= 0.3 is 0 Å². The molecule has 1 heterocycles. The van der Waals surface area contributed by atoms with E-state index >= 15 is 0 Å². The van der Waals surface area contributed by atoms with Gasteiger partial charge in [-0.3, -0.25) is 9.69 Å². The summed E-state index contributed by atoms with van der Waals surface area (Å²) in [5.41, 5.74) is 1.07. The van der Waals surface area contributed by atoms with Crippen LogP contribution in [-0.2, 0) is 11.3 Å². The van der Waals surface area contributed by atoms with E-state index in [4.69, 9.17) is 11.6 Å². The summed E-state index contributed by atoms with van der Waals surface area (Å²) in [7, 11) is 0. The van der Waals surface area contributed by atoms with Crippen molar-refractivity contribution in [2.24, 2.45) is 0 Å². The highest BCUT2D eigenvalue weighted by Crippen LogP contribution is 2.14. The van der Waals surface area contributed by atoms with Crippen LogP contribution in [0.1, 0.15) is 19.4 Å². The molecule has 5 heteroatoms. The Morgan fingerprint density at radius 1 is 1.38 bits per heavy atom. The molecule has 1 aliphatic heterocycles. The van der Waals surface area contributed by atoms with E-state index < -0.39 is 0 Å². The highest BCUT2D eigenvalue weighted by molar-refractivity contribution is 6.30. The SMILES string of the molecule is CC(C)N(Cc1cccc(Cl)c1)C(=O)CN1CCNCC1. The van der Waals surface area contributed by atoms with Gasteiger partial charge in [0.1, 0.15) is 0 Å². The van der Waals surface area contributed by atoms with Crippen molar-refractivity contribution in [3.05, 3.63) is 34.9 Å². The number of hydrogen-bond donors (Lipinski definition) is 1. The van der Waals surface area contributed by atoms with Crippen LogP contribution in [0.25, 0.3) is 0 Å². The van der Waals surface area contributed by atoms with E-state index in [0.29, 0.717) is 18.1 Å². The highest BCUT2D eigenvalue weighted by Gasteiger charge is 2.21. The van der Waals surface area contributed by atoms with Crippen molar-refractivity contribution in [3.63, 3.8) is 0 Å². The maximum absolute atomic E-state index is 12.6. The molecule has 1 N–H and O–H groups in total. The fourth-order valence-electron chi connectivity index (χ4n) is 2.54. The fraction of sp³-hybridized carbons (Fsp3) is 0.562. The summed E-state index contributed by atoms with van der Waals surface area (Å²) in [6.07, 6.45) is 0. The molecule has 21 heavy (non-hydrogen) atoms. The summed E-state index contributed by atoms with van der Waals surface area (Å²) in [6.45, 7) is 9.03. The van der Waals surface area contributed by atoms with Gasteiger partial charge < -0.3 is 10.2 Å². The summed E-state index contributed by atoms with van der Waals surface area (Å²) >= 11 is 6.02. The van der Waals surface area contributed by atoms with Crippen molar-refractivity contribution in [1.82, 2.24) is 15.1 Å². The van der Waals surface area contributed by atoms with E-state index in [1.54, 1.807) is 0 Å². The summed E-state index contributed by atoms with van der Waals surface area (Å²) in [5, 5.41) is 4.02. The number of nitrogens with zero attached hydrogens (tertiary/aromatic N) is 2. The summed E-state index contributed by atoms with van der Waals surface area (Å²) < 4.78 is 0. The van der Waals surface area contributed by atoms with E-state index in [1.165, 1.54) is 0 Å². The zero-order valence-electron chi connectivity index (χ0n) is 12.8. The van der Waals surface area contributed by atoms with E-state index in [-0.39, 0.29) is 11.9 Å². The van der Waals surface area contributed by atoms with Crippen molar-refractivity contribution in [1.29, 1.82) is 0 Å². The predicted octanol–water partition coefficient (Wildman–Crippen LogP) is 1.98. The van der Waals surface area contributed by atoms with Crippen LogP contribution in [0.5, 0.6) is 0 Å². The number of carbonyl (C=O) groups excluding carboxylic acids is 1. The third-order valence-corrected chi connectivity index (χ3v) is 3.99. The third kappa shape index (κ3) is 4.99. The number of halogens is 1. The molecule has 0 bridgehead atoms. The molecule has 0 saturated carbocycles. The van der Waals surface area contributed by atoms with Crippen LogP contribution in [0.2, 0.25) is 5.02 Å². The first-order valence-corrected chi connectivity index (χ1v) is 7.91. The number of nitrogens with one attached hydrogen (secondary N) is 1. The smallest absolute Gasteiger partial charge is 0.237 e. The predicted molar refractivity (Wildman–Crippen MR) is 86.4 cm³/mol. The topological polar surface area (TPSA) is 35.6 Å². The normalized spacial score (nSPS) is 16.2. The lowest BCUT2D eigenvalue weighted by molar-refractivity contribution is -0.134. The Morgan fingerprint density at radius 2 is 2.10 bits per heavy atom. The fourth-order valence-corrected chi connectivity index (χ4v) is 2.76. The van der Waals surface area contributed by atoms with Gasteiger partial charge in [0.05, 0.1) is 6.54 Å². The summed E-state index contributed by atoms with van der Waals surface area (Å²) in [6, 6.07) is 7.90. The van der Waals surface area contributed by atoms with Gasteiger partial charge in [-0.2, -0.15) is 0 Å². The molecule has 0 aromatic heterocycles. The summed E-state index contributed by atoms with van der Waals surface area (Å²) in [4.78, 5) is 16.7. The molecular formula is C16H24ClN3O. The zero-order valence-corrected chi connectivity index (χ0v) is 13.6. The Kier molecular flexibility index (Phi) is 6.03. The molecule has 1 fully saturated rings. The van der Waals surface area contributed by atoms with Crippen molar-refractivity contribution >= 4 is 17.5 Å². The molecule has 0 spiro atoms. The number of benzene rings is 1. The molecule has 2 rings (SSSR count). The first kappa shape index (κ1) is 16.3. The Bertz CT molecular complexity index is 472. The molecule has 0 unspecified atom stereocenters. The molecule has 1 aliphatic rings. The second-order valence-corrected chi connectivity index (χ2v) is 6.21. The lowest BCUT2D eigenvalue weighted by Gasteiger charge is -2.32. The van der Waals surface area contributed by atoms with E-state index in [0.717, 1.165) is 31.7 Å². The van der Waals surface area contributed by atoms with Crippen molar-refractivity contribution < 1.29 is 4.79 Å². The molecular weight excluding hydrogens is 286 g/mol.